The van der Waals surface area contributed by atoms with Gasteiger partial charge >= 0.3 is 0 Å². The Hall–Kier alpha value is -1.06. The summed E-state index contributed by atoms with van der Waals surface area (Å²) in [6.07, 6.45) is 0.510. The molecule has 0 saturated heterocycles. The molecule has 4 heteroatoms. The average Bonchev–Trinajstić information content (AvgIpc) is 2.34. The van der Waals surface area contributed by atoms with Gasteiger partial charge in [-0.25, -0.2) is 0 Å². The van der Waals surface area contributed by atoms with E-state index in [-0.39, 0.29) is 17.5 Å². The summed E-state index contributed by atoms with van der Waals surface area (Å²) < 4.78 is 0. The Kier molecular flexibility index (Phi) is 6.69. The van der Waals surface area contributed by atoms with Gasteiger partial charge in [-0.3, -0.25) is 4.79 Å². The van der Waals surface area contributed by atoms with Crippen LogP contribution in [0.15, 0.2) is 24.3 Å². The van der Waals surface area contributed by atoms with Gasteiger partial charge in [0.25, 0.3) is 0 Å². The summed E-state index contributed by atoms with van der Waals surface area (Å²) in [6.45, 7) is 11.7. The van der Waals surface area contributed by atoms with Crippen LogP contribution in [0.3, 0.4) is 0 Å². The Balaban J connectivity index is 2.62. The quantitative estimate of drug-likeness (QED) is 0.865. The molecule has 0 spiro atoms. The maximum absolute atomic E-state index is 12.4. The van der Waals surface area contributed by atoms with Crippen molar-refractivity contribution in [1.82, 2.24) is 10.2 Å². The smallest absolute Gasteiger partial charge is 0.224 e. The van der Waals surface area contributed by atoms with Crippen molar-refractivity contribution in [1.29, 1.82) is 0 Å². The van der Waals surface area contributed by atoms with Crippen molar-refractivity contribution in [3.8, 4) is 0 Å². The van der Waals surface area contributed by atoms with Gasteiger partial charge in [0.15, 0.2) is 0 Å². The third-order valence-corrected chi connectivity index (χ3v) is 3.41. The van der Waals surface area contributed by atoms with Crippen molar-refractivity contribution in [3.05, 3.63) is 34.9 Å². The maximum atomic E-state index is 12.4. The number of nitrogens with one attached hydrogen (secondary N) is 1. The molecule has 0 aliphatic rings. The fraction of sp³-hybridized carbons (Fsp3) is 0.588. The summed E-state index contributed by atoms with van der Waals surface area (Å²) >= 11 is 6.01. The van der Waals surface area contributed by atoms with Crippen molar-refractivity contribution >= 4 is 17.5 Å². The standard InChI is InChI=1S/C17H27ClN2O/c1-13(2)20(12-14-7-6-8-15(18)11-14)16(21)9-10-19-17(3,4)5/h6-8,11,13,19H,9-10,12H2,1-5H3. The SMILES string of the molecule is CC(C)N(Cc1cccc(Cl)c1)C(=O)CCNC(C)(C)C. The van der Waals surface area contributed by atoms with E-state index in [0.717, 1.165) is 5.56 Å². The van der Waals surface area contributed by atoms with Crippen LogP contribution in [0.2, 0.25) is 5.02 Å². The lowest BCUT2D eigenvalue weighted by atomic mass is 10.1. The number of benzene rings is 1. The molecule has 0 fully saturated rings. The molecule has 0 saturated carbocycles. The van der Waals surface area contributed by atoms with Crippen LogP contribution >= 0.6 is 11.6 Å². The lowest BCUT2D eigenvalue weighted by Gasteiger charge is -2.28. The molecule has 1 amide bonds. The molecule has 0 aromatic heterocycles. The molecule has 3 nitrogen and oxygen atoms in total. The van der Waals surface area contributed by atoms with Gasteiger partial charge in [-0.2, -0.15) is 0 Å². The van der Waals surface area contributed by atoms with Crippen LogP contribution in [-0.2, 0) is 11.3 Å². The molecule has 0 unspecified atom stereocenters. The molecule has 21 heavy (non-hydrogen) atoms. The normalized spacial score (nSPS) is 11.8. The van der Waals surface area contributed by atoms with Crippen LogP contribution in [-0.4, -0.2) is 28.9 Å². The summed E-state index contributed by atoms with van der Waals surface area (Å²) in [7, 11) is 0. The van der Waals surface area contributed by atoms with Crippen LogP contribution < -0.4 is 5.32 Å². The van der Waals surface area contributed by atoms with E-state index in [4.69, 9.17) is 11.6 Å². The molecule has 0 bridgehead atoms. The van der Waals surface area contributed by atoms with Crippen LogP contribution in [0.5, 0.6) is 0 Å². The highest BCUT2D eigenvalue weighted by Gasteiger charge is 2.18. The number of carbonyl (C=O) groups excluding carboxylic acids is 1. The number of halogens is 1. The Morgan fingerprint density at radius 2 is 2.00 bits per heavy atom. The molecule has 0 heterocycles. The molecule has 1 rings (SSSR count). The Labute approximate surface area is 133 Å². The van der Waals surface area contributed by atoms with Gasteiger partial charge in [-0.15, -0.1) is 0 Å². The average molecular weight is 311 g/mol. The molecule has 118 valence electrons. The summed E-state index contributed by atoms with van der Waals surface area (Å²) in [4.78, 5) is 14.3. The van der Waals surface area contributed by atoms with Crippen LogP contribution in [0.4, 0.5) is 0 Å². The Morgan fingerprint density at radius 3 is 2.52 bits per heavy atom. The van der Waals surface area contributed by atoms with E-state index < -0.39 is 0 Å². The Bertz CT molecular complexity index is 466. The van der Waals surface area contributed by atoms with E-state index in [0.29, 0.717) is 24.5 Å². The van der Waals surface area contributed by atoms with Gasteiger partial charge in [0.2, 0.25) is 5.91 Å². The van der Waals surface area contributed by atoms with Gasteiger partial charge in [-0.05, 0) is 52.3 Å². The van der Waals surface area contributed by atoms with Crippen molar-refractivity contribution in [3.63, 3.8) is 0 Å². The highest BCUT2D eigenvalue weighted by molar-refractivity contribution is 6.30. The third kappa shape index (κ3) is 6.96. The number of carbonyl (C=O) groups is 1. The van der Waals surface area contributed by atoms with Crippen molar-refractivity contribution in [2.24, 2.45) is 0 Å². The van der Waals surface area contributed by atoms with E-state index >= 15 is 0 Å². The second kappa shape index (κ2) is 7.81. The van der Waals surface area contributed by atoms with Gasteiger partial charge < -0.3 is 10.2 Å². The third-order valence-electron chi connectivity index (χ3n) is 3.18. The highest BCUT2D eigenvalue weighted by Crippen LogP contribution is 2.15. The van der Waals surface area contributed by atoms with Gasteiger partial charge in [0.1, 0.15) is 0 Å². The fourth-order valence-corrected chi connectivity index (χ4v) is 2.29. The molecule has 0 atom stereocenters. The summed E-state index contributed by atoms with van der Waals surface area (Å²) in [5.41, 5.74) is 1.10. The predicted octanol–water partition coefficient (Wildman–Crippen LogP) is 3.86. The zero-order valence-corrected chi connectivity index (χ0v) is 14.5. The number of amides is 1. The molecule has 1 N–H and O–H groups in total. The van der Waals surface area contributed by atoms with Gasteiger partial charge in [0.05, 0.1) is 0 Å². The summed E-state index contributed by atoms with van der Waals surface area (Å²) in [5, 5.41) is 4.06. The summed E-state index contributed by atoms with van der Waals surface area (Å²) in [6, 6.07) is 7.85. The van der Waals surface area contributed by atoms with Crippen LogP contribution in [0, 0.1) is 0 Å². The van der Waals surface area contributed by atoms with Crippen molar-refractivity contribution in [2.45, 2.75) is 59.2 Å². The number of rotatable bonds is 6. The van der Waals surface area contributed by atoms with E-state index in [1.807, 2.05) is 43.0 Å². The second-order valence-electron chi connectivity index (χ2n) is 6.67. The minimum Gasteiger partial charge on any atom is -0.336 e. The molecule has 0 aliphatic carbocycles. The lowest BCUT2D eigenvalue weighted by molar-refractivity contribution is -0.133. The van der Waals surface area contributed by atoms with E-state index in [9.17, 15) is 4.79 Å². The molecule has 1 aromatic rings. The first kappa shape index (κ1) is 18.0. The topological polar surface area (TPSA) is 32.3 Å². The molecule has 0 radical (unpaired) electrons. The van der Waals surface area contributed by atoms with Crippen molar-refractivity contribution < 1.29 is 4.79 Å². The monoisotopic (exact) mass is 310 g/mol. The van der Waals surface area contributed by atoms with Gasteiger partial charge in [-0.1, -0.05) is 23.7 Å². The lowest BCUT2D eigenvalue weighted by Crippen LogP contribution is -2.41. The molecule has 0 aliphatic heterocycles. The minimum absolute atomic E-state index is 0.0376. The molecular formula is C17H27ClN2O. The predicted molar refractivity (Wildman–Crippen MR) is 89.5 cm³/mol. The first-order valence-electron chi connectivity index (χ1n) is 7.48. The van der Waals surface area contributed by atoms with E-state index in [2.05, 4.69) is 26.1 Å². The van der Waals surface area contributed by atoms with Crippen LogP contribution in [0.1, 0.15) is 46.6 Å². The number of hydrogen-bond acceptors (Lipinski definition) is 2. The highest BCUT2D eigenvalue weighted by atomic mass is 35.5. The number of hydrogen-bond donors (Lipinski definition) is 1. The first-order valence-corrected chi connectivity index (χ1v) is 7.86. The van der Waals surface area contributed by atoms with E-state index in [1.165, 1.54) is 0 Å². The minimum atomic E-state index is 0.0376. The second-order valence-corrected chi connectivity index (χ2v) is 7.11. The van der Waals surface area contributed by atoms with E-state index in [1.54, 1.807) is 0 Å². The van der Waals surface area contributed by atoms with Gasteiger partial charge in [0, 0.05) is 36.1 Å². The molecular weight excluding hydrogens is 284 g/mol. The Morgan fingerprint density at radius 1 is 1.33 bits per heavy atom. The zero-order chi connectivity index (χ0) is 16.0. The first-order chi connectivity index (χ1) is 9.69. The maximum Gasteiger partial charge on any atom is 0.224 e. The summed E-state index contributed by atoms with van der Waals surface area (Å²) in [5.74, 6) is 0.168. The van der Waals surface area contributed by atoms with Crippen LogP contribution in [0.25, 0.3) is 0 Å². The largest absolute Gasteiger partial charge is 0.336 e. The zero-order valence-electron chi connectivity index (χ0n) is 13.7. The van der Waals surface area contributed by atoms with Crippen molar-refractivity contribution in [2.75, 3.05) is 6.54 Å². The fourth-order valence-electron chi connectivity index (χ4n) is 2.08. The molecule has 1 aromatic carbocycles. The number of nitrogens with zero attached hydrogens (tertiary/aromatic N) is 1.